The lowest BCUT2D eigenvalue weighted by Crippen LogP contribution is -2.55. The largest absolute Gasteiger partial charge is 0.496 e. The predicted molar refractivity (Wildman–Crippen MR) is 90.3 cm³/mol. The summed E-state index contributed by atoms with van der Waals surface area (Å²) in [5.41, 5.74) is 1.60. The minimum atomic E-state index is -0.819. The molecule has 0 aliphatic carbocycles. The van der Waals surface area contributed by atoms with Crippen LogP contribution in [0.5, 0.6) is 5.75 Å². The third kappa shape index (κ3) is 3.16. The van der Waals surface area contributed by atoms with Crippen LogP contribution in [0.15, 0.2) is 36.4 Å². The summed E-state index contributed by atoms with van der Waals surface area (Å²) in [7, 11) is 3.45. The molecule has 0 spiro atoms. The van der Waals surface area contributed by atoms with E-state index in [1.165, 1.54) is 0 Å². The van der Waals surface area contributed by atoms with Crippen LogP contribution in [0.1, 0.15) is 0 Å². The Morgan fingerprint density at radius 1 is 1.21 bits per heavy atom. The van der Waals surface area contributed by atoms with Crippen molar-refractivity contribution in [2.45, 2.75) is 6.04 Å². The molecule has 0 bridgehead atoms. The van der Waals surface area contributed by atoms with Gasteiger partial charge in [-0.2, -0.15) is 0 Å². The van der Waals surface area contributed by atoms with Gasteiger partial charge in [0.05, 0.1) is 12.8 Å². The van der Waals surface area contributed by atoms with Crippen LogP contribution in [0, 0.1) is 0 Å². The Bertz CT molecular complexity index is 720. The molecular weight excluding hydrogens is 308 g/mol. The van der Waals surface area contributed by atoms with Crippen LogP contribution in [-0.4, -0.2) is 66.0 Å². The average molecular weight is 328 g/mol. The van der Waals surface area contributed by atoms with Crippen LogP contribution in [0.25, 0.3) is 11.3 Å². The molecular formula is C17H20N4O3. The number of para-hydroxylation sites is 1. The molecule has 1 atom stereocenters. The van der Waals surface area contributed by atoms with E-state index in [2.05, 4.69) is 10.2 Å². The molecule has 2 aromatic rings. The first-order valence-electron chi connectivity index (χ1n) is 7.75. The quantitative estimate of drug-likeness (QED) is 0.908. The number of carboxylic acids is 1. The molecule has 7 nitrogen and oxygen atoms in total. The molecule has 1 aliphatic rings. The number of hydrogen-bond acceptors (Lipinski definition) is 6. The van der Waals surface area contributed by atoms with Gasteiger partial charge in [-0.3, -0.25) is 9.69 Å². The molecule has 7 heteroatoms. The number of carbonyl (C=O) groups is 1. The molecule has 1 aromatic heterocycles. The molecule has 0 saturated carbocycles. The second-order valence-electron chi connectivity index (χ2n) is 5.76. The summed E-state index contributed by atoms with van der Waals surface area (Å²) in [5, 5.41) is 17.9. The smallest absolute Gasteiger partial charge is 0.322 e. The van der Waals surface area contributed by atoms with Gasteiger partial charge in [0.2, 0.25) is 0 Å². The number of aliphatic carboxylic acids is 1. The molecule has 1 fully saturated rings. The Morgan fingerprint density at radius 2 is 2.00 bits per heavy atom. The molecule has 126 valence electrons. The minimum absolute atomic E-state index is 0.397. The number of benzene rings is 1. The van der Waals surface area contributed by atoms with Gasteiger partial charge in [-0.25, -0.2) is 0 Å². The molecule has 1 saturated heterocycles. The number of rotatable bonds is 4. The maximum atomic E-state index is 11.3. The molecule has 1 N–H and O–H groups in total. The van der Waals surface area contributed by atoms with Crippen molar-refractivity contribution in [1.29, 1.82) is 0 Å². The van der Waals surface area contributed by atoms with Gasteiger partial charge in [0, 0.05) is 25.2 Å². The van der Waals surface area contributed by atoms with Crippen LogP contribution in [0.3, 0.4) is 0 Å². The Morgan fingerprint density at radius 3 is 2.67 bits per heavy atom. The highest BCUT2D eigenvalue weighted by Crippen LogP contribution is 2.28. The lowest BCUT2D eigenvalue weighted by molar-refractivity contribution is -0.142. The Balaban J connectivity index is 1.81. The van der Waals surface area contributed by atoms with E-state index >= 15 is 0 Å². The summed E-state index contributed by atoms with van der Waals surface area (Å²) in [5.74, 6) is 0.610. The zero-order valence-electron chi connectivity index (χ0n) is 13.7. The van der Waals surface area contributed by atoms with Crippen molar-refractivity contribution in [3.05, 3.63) is 36.4 Å². The van der Waals surface area contributed by atoms with E-state index in [0.717, 1.165) is 23.6 Å². The minimum Gasteiger partial charge on any atom is -0.496 e. The first-order valence-corrected chi connectivity index (χ1v) is 7.75. The topological polar surface area (TPSA) is 78.8 Å². The van der Waals surface area contributed by atoms with E-state index in [1.54, 1.807) is 7.11 Å². The Hall–Kier alpha value is -2.67. The fourth-order valence-corrected chi connectivity index (χ4v) is 2.84. The van der Waals surface area contributed by atoms with Gasteiger partial charge in [-0.05, 0) is 31.3 Å². The number of nitrogens with zero attached hydrogens (tertiary/aromatic N) is 4. The number of methoxy groups -OCH3 is 1. The van der Waals surface area contributed by atoms with Gasteiger partial charge in [0.15, 0.2) is 5.82 Å². The second-order valence-corrected chi connectivity index (χ2v) is 5.76. The van der Waals surface area contributed by atoms with E-state index in [1.807, 2.05) is 53.2 Å². The standard InChI is InChI=1S/C17H20N4O3/c1-20-9-10-21(11-14(20)17(22)23)16-8-7-13(18-19-16)12-5-3-4-6-15(12)24-2/h3-8,14H,9-11H2,1-2H3,(H,22,23)/t14-/m1/s1. The summed E-state index contributed by atoms with van der Waals surface area (Å²) in [4.78, 5) is 15.1. The van der Waals surface area contributed by atoms with Gasteiger partial charge in [0.1, 0.15) is 11.8 Å². The molecule has 0 radical (unpaired) electrons. The summed E-state index contributed by atoms with van der Waals surface area (Å²) >= 11 is 0. The van der Waals surface area contributed by atoms with Gasteiger partial charge >= 0.3 is 5.97 Å². The number of ether oxygens (including phenoxy) is 1. The molecule has 24 heavy (non-hydrogen) atoms. The van der Waals surface area contributed by atoms with Gasteiger partial charge < -0.3 is 14.7 Å². The SMILES string of the molecule is COc1ccccc1-c1ccc(N2CCN(C)[C@@H](C(=O)O)C2)nn1. The average Bonchev–Trinajstić information content (AvgIpc) is 2.62. The molecule has 1 aromatic carbocycles. The van der Waals surface area contributed by atoms with E-state index in [-0.39, 0.29) is 0 Å². The zero-order chi connectivity index (χ0) is 17.1. The third-order valence-corrected chi connectivity index (χ3v) is 4.29. The maximum absolute atomic E-state index is 11.3. The molecule has 0 amide bonds. The number of hydrogen-bond donors (Lipinski definition) is 1. The predicted octanol–water partition coefficient (Wildman–Crippen LogP) is 1.36. The molecule has 3 rings (SSSR count). The number of likely N-dealkylation sites (N-methyl/N-ethyl adjacent to an activating group) is 1. The van der Waals surface area contributed by atoms with Crippen molar-refractivity contribution in [3.8, 4) is 17.0 Å². The highest BCUT2D eigenvalue weighted by atomic mass is 16.5. The highest BCUT2D eigenvalue weighted by molar-refractivity contribution is 5.75. The van der Waals surface area contributed by atoms with E-state index in [4.69, 9.17) is 4.74 Å². The van der Waals surface area contributed by atoms with E-state index < -0.39 is 12.0 Å². The van der Waals surface area contributed by atoms with Crippen molar-refractivity contribution in [2.75, 3.05) is 38.7 Å². The van der Waals surface area contributed by atoms with E-state index in [9.17, 15) is 9.90 Å². The van der Waals surface area contributed by atoms with Crippen LogP contribution in [0.2, 0.25) is 0 Å². The Labute approximate surface area is 140 Å². The number of aromatic nitrogens is 2. The monoisotopic (exact) mass is 328 g/mol. The van der Waals surface area contributed by atoms with Crippen molar-refractivity contribution in [1.82, 2.24) is 15.1 Å². The summed E-state index contributed by atoms with van der Waals surface area (Å²) < 4.78 is 5.35. The summed E-state index contributed by atoms with van der Waals surface area (Å²) in [6, 6.07) is 10.9. The van der Waals surface area contributed by atoms with Gasteiger partial charge in [-0.15, -0.1) is 10.2 Å². The fourth-order valence-electron chi connectivity index (χ4n) is 2.84. The van der Waals surface area contributed by atoms with Crippen LogP contribution in [-0.2, 0) is 4.79 Å². The number of piperazine rings is 1. The van der Waals surface area contributed by atoms with Crippen molar-refractivity contribution in [2.24, 2.45) is 0 Å². The molecule has 1 aliphatic heterocycles. The summed E-state index contributed by atoms with van der Waals surface area (Å²) in [6.07, 6.45) is 0. The molecule has 2 heterocycles. The van der Waals surface area contributed by atoms with Crippen molar-refractivity contribution >= 4 is 11.8 Å². The molecule has 0 unspecified atom stereocenters. The van der Waals surface area contributed by atoms with Crippen molar-refractivity contribution in [3.63, 3.8) is 0 Å². The highest BCUT2D eigenvalue weighted by Gasteiger charge is 2.30. The third-order valence-electron chi connectivity index (χ3n) is 4.29. The summed E-state index contributed by atoms with van der Waals surface area (Å²) in [6.45, 7) is 1.80. The second kappa shape index (κ2) is 6.84. The normalized spacial score (nSPS) is 18.4. The first-order chi connectivity index (χ1) is 11.6. The first kappa shape index (κ1) is 16.2. The van der Waals surface area contributed by atoms with Crippen LogP contribution < -0.4 is 9.64 Å². The van der Waals surface area contributed by atoms with Crippen LogP contribution in [0.4, 0.5) is 5.82 Å². The number of carboxylic acid groups (broad SMARTS) is 1. The number of anilines is 1. The van der Waals surface area contributed by atoms with Crippen LogP contribution >= 0.6 is 0 Å². The Kier molecular flexibility index (Phi) is 4.61. The fraction of sp³-hybridized carbons (Fsp3) is 0.353. The van der Waals surface area contributed by atoms with Gasteiger partial charge in [-0.1, -0.05) is 12.1 Å². The maximum Gasteiger partial charge on any atom is 0.322 e. The lowest BCUT2D eigenvalue weighted by Gasteiger charge is -2.37. The van der Waals surface area contributed by atoms with Crippen molar-refractivity contribution < 1.29 is 14.6 Å². The zero-order valence-corrected chi connectivity index (χ0v) is 13.7. The lowest BCUT2D eigenvalue weighted by atomic mass is 10.1. The van der Waals surface area contributed by atoms with E-state index in [0.29, 0.717) is 18.9 Å². The van der Waals surface area contributed by atoms with Gasteiger partial charge in [0.25, 0.3) is 0 Å².